The van der Waals surface area contributed by atoms with E-state index in [1.54, 1.807) is 0 Å². The van der Waals surface area contributed by atoms with Gasteiger partial charge in [-0.1, -0.05) is 0 Å². The first kappa shape index (κ1) is 27.3. The van der Waals surface area contributed by atoms with Crippen LogP contribution in [0.25, 0.3) is 0 Å². The quantitative estimate of drug-likeness (QED) is 0.383. The molecule has 1 aliphatic heterocycles. The van der Waals surface area contributed by atoms with Crippen molar-refractivity contribution in [3.63, 3.8) is 0 Å². The van der Waals surface area contributed by atoms with Crippen molar-refractivity contribution in [1.82, 2.24) is 0 Å². The number of aryl methyl sites for hydroxylation is 1. The van der Waals surface area contributed by atoms with Crippen LogP contribution in [-0.4, -0.2) is 28.0 Å². The summed E-state index contributed by atoms with van der Waals surface area (Å²) in [5.74, 6) is -0.702. The molecule has 0 saturated heterocycles. The fourth-order valence-corrected chi connectivity index (χ4v) is 5.60. The summed E-state index contributed by atoms with van der Waals surface area (Å²) in [5, 5.41) is 2.31. The third-order valence-corrected chi connectivity index (χ3v) is 7.74. The van der Waals surface area contributed by atoms with Crippen LogP contribution < -0.4 is 14.4 Å². The Morgan fingerprint density at radius 3 is 2.05 bits per heavy atom. The van der Waals surface area contributed by atoms with Gasteiger partial charge in [0.2, 0.25) is 0 Å². The van der Waals surface area contributed by atoms with Crippen molar-refractivity contribution >= 4 is 27.3 Å². The highest BCUT2D eigenvalue weighted by Crippen LogP contribution is 2.37. The topological polar surface area (TPSA) is 75.7 Å². The minimum atomic E-state index is -5.10. The Balaban J connectivity index is 1.62. The number of carbonyl (C=O) groups is 1. The predicted molar refractivity (Wildman–Crippen MR) is 127 cm³/mol. The van der Waals surface area contributed by atoms with E-state index < -0.39 is 45.0 Å². The lowest BCUT2D eigenvalue weighted by molar-refractivity contribution is -0.143. The van der Waals surface area contributed by atoms with Crippen LogP contribution in [0, 0.1) is 0 Å². The number of methoxy groups -OCH3 is 1. The molecule has 0 fully saturated rings. The zero-order valence-electron chi connectivity index (χ0n) is 19.7. The predicted octanol–water partition coefficient (Wildman–Crippen LogP) is 6.13. The Morgan fingerprint density at radius 2 is 1.50 bits per heavy atom. The number of fused-ring (bicyclic) bond motifs is 1. The number of amides is 1. The number of sulfonamides is 1. The molecule has 38 heavy (non-hydrogen) atoms. The minimum absolute atomic E-state index is 0.0357. The van der Waals surface area contributed by atoms with Crippen LogP contribution in [0.15, 0.2) is 65.6 Å². The Kier molecular flexibility index (Phi) is 7.08. The third-order valence-electron chi connectivity index (χ3n) is 5.91. The van der Waals surface area contributed by atoms with E-state index in [4.69, 9.17) is 4.74 Å². The van der Waals surface area contributed by atoms with Crippen molar-refractivity contribution in [3.8, 4) is 5.75 Å². The first-order valence-corrected chi connectivity index (χ1v) is 12.5. The Hall–Kier alpha value is -3.74. The largest absolute Gasteiger partial charge is 0.497 e. The second-order valence-corrected chi connectivity index (χ2v) is 10.3. The summed E-state index contributed by atoms with van der Waals surface area (Å²) in [4.78, 5) is 12.7. The summed E-state index contributed by atoms with van der Waals surface area (Å²) in [6.07, 6.45) is -9.31. The van der Waals surface area contributed by atoms with Crippen molar-refractivity contribution in [2.24, 2.45) is 0 Å². The normalized spacial score (nSPS) is 14.1. The first-order chi connectivity index (χ1) is 17.7. The van der Waals surface area contributed by atoms with Gasteiger partial charge in [0.25, 0.3) is 15.9 Å². The standard InChI is InChI=1S/C25H20F6N2O4S/c1-37-20-5-7-21(8-6-20)38(35,36)33-10-2-3-15-13-19(4-9-22(15)33)32-23(34)16-11-17(24(26,27)28)14-18(12-16)25(29,30)31/h4-9,11-14H,2-3,10H2,1H3,(H,32,34). The van der Waals surface area contributed by atoms with Crippen LogP contribution in [0.2, 0.25) is 0 Å². The molecule has 0 aliphatic carbocycles. The summed E-state index contributed by atoms with van der Waals surface area (Å²) < 4.78 is 112. The van der Waals surface area contributed by atoms with Crippen molar-refractivity contribution in [3.05, 3.63) is 82.9 Å². The minimum Gasteiger partial charge on any atom is -0.497 e. The van der Waals surface area contributed by atoms with Gasteiger partial charge in [0, 0.05) is 17.8 Å². The number of hydrogen-bond acceptors (Lipinski definition) is 4. The molecule has 0 saturated carbocycles. The van der Waals surface area contributed by atoms with Crippen LogP contribution in [0.5, 0.6) is 5.75 Å². The average molecular weight is 559 g/mol. The Bertz CT molecular complexity index is 1440. The number of rotatable bonds is 5. The van der Waals surface area contributed by atoms with Crippen molar-refractivity contribution < 1.29 is 44.3 Å². The molecule has 1 amide bonds. The molecule has 4 rings (SSSR count). The monoisotopic (exact) mass is 558 g/mol. The van der Waals surface area contributed by atoms with Crippen LogP contribution in [-0.2, 0) is 28.8 Å². The fourth-order valence-electron chi connectivity index (χ4n) is 4.05. The molecule has 13 heteroatoms. The molecule has 1 N–H and O–H groups in total. The number of ether oxygens (including phenoxy) is 1. The number of alkyl halides is 6. The number of anilines is 2. The number of benzene rings is 3. The maximum Gasteiger partial charge on any atom is 0.416 e. The van der Waals surface area contributed by atoms with Gasteiger partial charge in [0.15, 0.2) is 0 Å². The molecule has 3 aromatic rings. The van der Waals surface area contributed by atoms with Crippen LogP contribution in [0.4, 0.5) is 37.7 Å². The smallest absolute Gasteiger partial charge is 0.416 e. The summed E-state index contributed by atoms with van der Waals surface area (Å²) in [6.45, 7) is 0.192. The van der Waals surface area contributed by atoms with E-state index in [-0.39, 0.29) is 23.2 Å². The van der Waals surface area contributed by atoms with E-state index in [1.165, 1.54) is 53.9 Å². The van der Waals surface area contributed by atoms with Gasteiger partial charge in [-0.25, -0.2) is 8.42 Å². The fraction of sp³-hybridized carbons (Fsp3) is 0.240. The molecule has 202 valence electrons. The second-order valence-electron chi connectivity index (χ2n) is 8.45. The van der Waals surface area contributed by atoms with Gasteiger partial charge in [0.05, 0.1) is 28.8 Å². The molecular weight excluding hydrogens is 538 g/mol. The van der Waals surface area contributed by atoms with E-state index in [0.29, 0.717) is 42.0 Å². The van der Waals surface area contributed by atoms with Gasteiger partial charge in [-0.3, -0.25) is 9.10 Å². The van der Waals surface area contributed by atoms with Gasteiger partial charge in [0.1, 0.15) is 5.75 Å². The van der Waals surface area contributed by atoms with Crippen molar-refractivity contribution in [2.45, 2.75) is 30.1 Å². The van der Waals surface area contributed by atoms with Gasteiger partial charge in [-0.05, 0) is 79.1 Å². The second kappa shape index (κ2) is 9.86. The SMILES string of the molecule is COc1ccc(S(=O)(=O)N2CCCc3cc(NC(=O)c4cc(C(F)(F)F)cc(C(F)(F)F)c4)ccc32)cc1. The first-order valence-electron chi connectivity index (χ1n) is 11.1. The van der Waals surface area contributed by atoms with Gasteiger partial charge in [-0.15, -0.1) is 0 Å². The third kappa shape index (κ3) is 5.57. The molecule has 6 nitrogen and oxygen atoms in total. The van der Waals surface area contributed by atoms with Crippen molar-refractivity contribution in [1.29, 1.82) is 0 Å². The zero-order valence-corrected chi connectivity index (χ0v) is 20.5. The lowest BCUT2D eigenvalue weighted by Crippen LogP contribution is -2.35. The van der Waals surface area contributed by atoms with Crippen LogP contribution in [0.1, 0.15) is 33.5 Å². The molecule has 0 radical (unpaired) electrons. The van der Waals surface area contributed by atoms with Crippen molar-refractivity contribution in [2.75, 3.05) is 23.3 Å². The number of nitrogens with one attached hydrogen (secondary N) is 1. The molecule has 3 aromatic carbocycles. The Morgan fingerprint density at radius 1 is 0.895 bits per heavy atom. The maximum absolute atomic E-state index is 13.3. The lowest BCUT2D eigenvalue weighted by atomic mass is 10.0. The molecule has 1 aliphatic rings. The van der Waals surface area contributed by atoms with Gasteiger partial charge >= 0.3 is 12.4 Å². The van der Waals surface area contributed by atoms with Gasteiger partial charge in [-0.2, -0.15) is 26.3 Å². The summed E-state index contributed by atoms with van der Waals surface area (Å²) in [7, 11) is -2.49. The maximum atomic E-state index is 13.3. The Labute approximate surface area is 213 Å². The lowest BCUT2D eigenvalue weighted by Gasteiger charge is -2.31. The molecule has 0 bridgehead atoms. The molecule has 0 atom stereocenters. The number of nitrogens with zero attached hydrogens (tertiary/aromatic N) is 1. The molecule has 0 aromatic heterocycles. The zero-order chi connectivity index (χ0) is 27.9. The van der Waals surface area contributed by atoms with E-state index in [9.17, 15) is 39.6 Å². The van der Waals surface area contributed by atoms with Gasteiger partial charge < -0.3 is 10.1 Å². The highest BCUT2D eigenvalue weighted by atomic mass is 32.2. The van der Waals surface area contributed by atoms with E-state index in [2.05, 4.69) is 5.32 Å². The highest BCUT2D eigenvalue weighted by molar-refractivity contribution is 7.92. The number of hydrogen-bond donors (Lipinski definition) is 1. The number of halogens is 6. The highest BCUT2D eigenvalue weighted by Gasteiger charge is 2.37. The van der Waals surface area contributed by atoms with Crippen LogP contribution >= 0.6 is 0 Å². The van der Waals surface area contributed by atoms with E-state index in [1.807, 2.05) is 0 Å². The molecular formula is C25H20F6N2O4S. The molecule has 0 unspecified atom stereocenters. The summed E-state index contributed by atoms with van der Waals surface area (Å²) in [6, 6.07) is 10.6. The summed E-state index contributed by atoms with van der Waals surface area (Å²) in [5.41, 5.74) is -3.07. The van der Waals surface area contributed by atoms with Crippen LogP contribution in [0.3, 0.4) is 0 Å². The van der Waals surface area contributed by atoms with E-state index in [0.717, 1.165) is 0 Å². The van der Waals surface area contributed by atoms with E-state index >= 15 is 0 Å². The average Bonchev–Trinajstić information content (AvgIpc) is 2.87. The number of carbonyl (C=O) groups excluding carboxylic acids is 1. The molecule has 0 spiro atoms. The summed E-state index contributed by atoms with van der Waals surface area (Å²) >= 11 is 0. The molecule has 1 heterocycles.